The largest absolute Gasteiger partial charge is 0.469 e. The molecule has 5 rings (SSSR count). The zero-order valence-corrected chi connectivity index (χ0v) is 14.8. The molecule has 1 spiro atoms. The van der Waals surface area contributed by atoms with E-state index in [-0.39, 0.29) is 23.1 Å². The molecule has 5 nitrogen and oxygen atoms in total. The summed E-state index contributed by atoms with van der Waals surface area (Å²) in [7, 11) is 1.40. The molecule has 0 aromatic rings. The molecule has 0 radical (unpaired) electrons. The van der Waals surface area contributed by atoms with Gasteiger partial charge in [0.05, 0.1) is 13.0 Å². The zero-order valence-electron chi connectivity index (χ0n) is 14.8. The van der Waals surface area contributed by atoms with E-state index in [1.807, 2.05) is 0 Å². The van der Waals surface area contributed by atoms with Gasteiger partial charge in [0, 0.05) is 18.3 Å². The fraction of sp³-hybridized carbons (Fsp3) is 0.750. The smallest absolute Gasteiger partial charge is 0.320 e. The first kappa shape index (κ1) is 15.6. The lowest BCUT2D eigenvalue weighted by atomic mass is 9.59. The summed E-state index contributed by atoms with van der Waals surface area (Å²) in [6.45, 7) is 5.97. The number of hydrogen-bond donors (Lipinski definition) is 0. The van der Waals surface area contributed by atoms with Crippen molar-refractivity contribution in [3.05, 3.63) is 12.2 Å². The molecule has 25 heavy (non-hydrogen) atoms. The topological polar surface area (TPSA) is 69.7 Å². The normalized spacial score (nSPS) is 52.6. The quantitative estimate of drug-likeness (QED) is 0.415. The van der Waals surface area contributed by atoms with Crippen LogP contribution in [0.25, 0.3) is 0 Å². The van der Waals surface area contributed by atoms with Crippen molar-refractivity contribution in [1.29, 1.82) is 0 Å². The van der Waals surface area contributed by atoms with Gasteiger partial charge >= 0.3 is 11.9 Å². The van der Waals surface area contributed by atoms with Gasteiger partial charge in [-0.25, -0.2) is 0 Å². The van der Waals surface area contributed by atoms with E-state index < -0.39 is 28.8 Å². The maximum Gasteiger partial charge on any atom is 0.320 e. The van der Waals surface area contributed by atoms with Crippen LogP contribution in [-0.4, -0.2) is 30.4 Å². The molecule has 5 fully saturated rings. The lowest BCUT2D eigenvalue weighted by molar-refractivity contribution is -0.161. The first-order valence-electron chi connectivity index (χ1n) is 9.33. The second-order valence-electron chi connectivity index (χ2n) is 9.05. The van der Waals surface area contributed by atoms with Gasteiger partial charge in [-0.15, -0.1) is 0 Å². The Morgan fingerprint density at radius 1 is 1.32 bits per heavy atom. The zero-order chi connectivity index (χ0) is 17.8. The van der Waals surface area contributed by atoms with Crippen molar-refractivity contribution < 1.29 is 23.9 Å². The van der Waals surface area contributed by atoms with E-state index in [9.17, 15) is 14.4 Å². The van der Waals surface area contributed by atoms with Crippen LogP contribution < -0.4 is 0 Å². The Morgan fingerprint density at radius 3 is 2.80 bits per heavy atom. The van der Waals surface area contributed by atoms with Crippen LogP contribution in [0.3, 0.4) is 0 Å². The van der Waals surface area contributed by atoms with E-state index >= 15 is 0 Å². The average molecular weight is 344 g/mol. The van der Waals surface area contributed by atoms with Gasteiger partial charge in [-0.05, 0) is 50.4 Å². The number of fused-ring (bicyclic) bond motifs is 1. The second-order valence-corrected chi connectivity index (χ2v) is 9.05. The van der Waals surface area contributed by atoms with Gasteiger partial charge in [-0.3, -0.25) is 14.4 Å². The van der Waals surface area contributed by atoms with Crippen molar-refractivity contribution in [2.75, 3.05) is 7.11 Å². The van der Waals surface area contributed by atoms with E-state index in [2.05, 4.69) is 6.58 Å². The minimum absolute atomic E-state index is 0.0760. The highest BCUT2D eigenvalue weighted by Crippen LogP contribution is 2.77. The van der Waals surface area contributed by atoms with Crippen molar-refractivity contribution in [3.63, 3.8) is 0 Å². The maximum absolute atomic E-state index is 13.0. The highest BCUT2D eigenvalue weighted by Gasteiger charge is 2.83. The summed E-state index contributed by atoms with van der Waals surface area (Å²) in [6.07, 6.45) is 4.60. The van der Waals surface area contributed by atoms with Crippen LogP contribution in [0.5, 0.6) is 0 Å². The summed E-state index contributed by atoms with van der Waals surface area (Å²) in [4.78, 5) is 38.5. The number of esters is 2. The van der Waals surface area contributed by atoms with Crippen LogP contribution in [0.1, 0.15) is 45.4 Å². The third-order valence-electron chi connectivity index (χ3n) is 8.43. The Labute approximate surface area is 147 Å². The third kappa shape index (κ3) is 1.43. The summed E-state index contributed by atoms with van der Waals surface area (Å²) in [5, 5.41) is 0. The number of rotatable bonds is 1. The van der Waals surface area contributed by atoms with Gasteiger partial charge in [0.1, 0.15) is 11.0 Å². The molecule has 134 valence electrons. The molecular formula is C20H24O5. The van der Waals surface area contributed by atoms with Crippen molar-refractivity contribution in [1.82, 2.24) is 0 Å². The van der Waals surface area contributed by atoms with Gasteiger partial charge in [0.2, 0.25) is 0 Å². The van der Waals surface area contributed by atoms with Gasteiger partial charge in [0.15, 0.2) is 5.78 Å². The lowest BCUT2D eigenvalue weighted by Gasteiger charge is -2.43. The maximum atomic E-state index is 13.0. The second kappa shape index (κ2) is 4.36. The fourth-order valence-corrected chi connectivity index (χ4v) is 7.58. The number of Topliss-reactive ketones (excluding diaryl/α,β-unsaturated/α-hetero) is 1. The first-order chi connectivity index (χ1) is 11.8. The van der Waals surface area contributed by atoms with Gasteiger partial charge in [0.25, 0.3) is 0 Å². The summed E-state index contributed by atoms with van der Waals surface area (Å²) < 4.78 is 11.3. The predicted molar refractivity (Wildman–Crippen MR) is 87.2 cm³/mol. The van der Waals surface area contributed by atoms with E-state index in [1.165, 1.54) is 12.7 Å². The molecule has 4 aliphatic carbocycles. The molecule has 0 amide bonds. The van der Waals surface area contributed by atoms with Gasteiger partial charge in [-0.2, -0.15) is 0 Å². The molecule has 1 saturated heterocycles. The molecule has 0 aromatic carbocycles. The molecule has 0 aromatic heterocycles. The Balaban J connectivity index is 1.76. The molecular weight excluding hydrogens is 320 g/mol. The molecule has 1 aliphatic heterocycles. The molecule has 4 saturated carbocycles. The Morgan fingerprint density at radius 2 is 2.08 bits per heavy atom. The van der Waals surface area contributed by atoms with Crippen molar-refractivity contribution in [2.45, 2.75) is 51.0 Å². The highest BCUT2D eigenvalue weighted by molar-refractivity contribution is 6.07. The number of allylic oxidation sites excluding steroid dienone is 1. The fourth-order valence-electron chi connectivity index (χ4n) is 7.58. The number of carbonyl (C=O) groups excluding carboxylic acids is 3. The number of methoxy groups -OCH3 is 1. The van der Waals surface area contributed by atoms with Crippen molar-refractivity contribution >= 4 is 17.7 Å². The SMILES string of the molecule is C=C1C[C@]23C[C@H]1CC[C@H]2[C@@]12CCC(=O)[C@](C)(C(=O)O1)[C@H]2[C@@H]3C(=O)OC. The van der Waals surface area contributed by atoms with E-state index in [0.717, 1.165) is 25.7 Å². The van der Waals surface area contributed by atoms with Gasteiger partial charge in [-0.1, -0.05) is 12.2 Å². The molecule has 4 bridgehead atoms. The number of carbonyl (C=O) groups is 3. The van der Waals surface area contributed by atoms with Crippen LogP contribution in [0, 0.1) is 34.5 Å². The molecule has 5 heteroatoms. The molecule has 0 N–H and O–H groups in total. The van der Waals surface area contributed by atoms with Crippen LogP contribution in [-0.2, 0) is 23.9 Å². The summed E-state index contributed by atoms with van der Waals surface area (Å²) >= 11 is 0. The predicted octanol–water partition coefficient (Wildman–Crippen LogP) is 2.43. The van der Waals surface area contributed by atoms with E-state index in [4.69, 9.17) is 9.47 Å². The Hall–Kier alpha value is -1.65. The van der Waals surface area contributed by atoms with Gasteiger partial charge < -0.3 is 9.47 Å². The minimum atomic E-state index is -1.21. The summed E-state index contributed by atoms with van der Waals surface area (Å²) in [5.74, 6) is -1.07. The average Bonchev–Trinajstić information content (AvgIpc) is 3.05. The van der Waals surface area contributed by atoms with Crippen LogP contribution >= 0.6 is 0 Å². The highest BCUT2D eigenvalue weighted by atomic mass is 16.6. The third-order valence-corrected chi connectivity index (χ3v) is 8.43. The van der Waals surface area contributed by atoms with Crippen molar-refractivity contribution in [2.24, 2.45) is 34.5 Å². The molecule has 7 atom stereocenters. The summed E-state index contributed by atoms with van der Waals surface area (Å²) in [5.41, 5.74) is -0.925. The number of ketones is 1. The Bertz CT molecular complexity index is 740. The van der Waals surface area contributed by atoms with Crippen molar-refractivity contribution in [3.8, 4) is 0 Å². The molecule has 1 heterocycles. The summed E-state index contributed by atoms with van der Waals surface area (Å²) in [6, 6.07) is 0. The standard InChI is InChI=1S/C20H24O5/c1-10-8-19-9-11(10)4-5-12(19)20-7-6-13(21)18(2,17(23)25-20)15(20)14(19)16(22)24-3/h11-12,14-15H,1,4-9H2,2-3H3/t11-,12-,14-,15-,18+,19+,20-/m1/s1. The Kier molecular flexibility index (Phi) is 2.72. The lowest BCUT2D eigenvalue weighted by Crippen LogP contribution is -2.51. The van der Waals surface area contributed by atoms with E-state index in [1.54, 1.807) is 6.92 Å². The van der Waals surface area contributed by atoms with Crippen LogP contribution in [0.4, 0.5) is 0 Å². The van der Waals surface area contributed by atoms with Crippen LogP contribution in [0.15, 0.2) is 12.2 Å². The van der Waals surface area contributed by atoms with E-state index in [0.29, 0.717) is 18.8 Å². The number of hydrogen-bond acceptors (Lipinski definition) is 5. The number of ether oxygens (including phenoxy) is 2. The van der Waals surface area contributed by atoms with Crippen LogP contribution in [0.2, 0.25) is 0 Å². The first-order valence-corrected chi connectivity index (χ1v) is 9.33. The minimum Gasteiger partial charge on any atom is -0.469 e. The molecule has 0 unspecified atom stereocenters. The molecule has 5 aliphatic rings. The monoisotopic (exact) mass is 344 g/mol.